The third kappa shape index (κ3) is 3.09. The van der Waals surface area contributed by atoms with Gasteiger partial charge in [-0.2, -0.15) is 0 Å². The maximum atomic E-state index is 13.3. The zero-order valence-corrected chi connectivity index (χ0v) is 10.8. The number of hydrogen-bond donors (Lipinski definition) is 2. The minimum Gasteiger partial charge on any atom is -0.378 e. The number of benzene rings is 1. The fraction of sp³-hybridized carbons (Fsp3) is 0.417. The van der Waals surface area contributed by atoms with Crippen LogP contribution in [0.5, 0.6) is 0 Å². The lowest BCUT2D eigenvalue weighted by molar-refractivity contribution is -0.385. The monoisotopic (exact) mass is 283 g/mol. The number of carbonyl (C=O) groups excluding carboxylic acids is 1. The van der Waals surface area contributed by atoms with Gasteiger partial charge in [0.25, 0.3) is 11.6 Å². The van der Waals surface area contributed by atoms with E-state index in [-0.39, 0.29) is 17.7 Å². The molecule has 0 aliphatic carbocycles. The number of ether oxygens (including phenoxy) is 1. The molecule has 2 N–H and O–H groups in total. The molecule has 1 unspecified atom stereocenters. The van der Waals surface area contributed by atoms with Crippen LogP contribution in [0.15, 0.2) is 18.2 Å². The fourth-order valence-corrected chi connectivity index (χ4v) is 2.11. The Balaban J connectivity index is 2.15. The van der Waals surface area contributed by atoms with E-state index >= 15 is 0 Å². The first-order valence-corrected chi connectivity index (χ1v) is 6.00. The summed E-state index contributed by atoms with van der Waals surface area (Å²) in [5.74, 6) is -1.39. The highest BCUT2D eigenvalue weighted by Crippen LogP contribution is 2.16. The lowest BCUT2D eigenvalue weighted by Gasteiger charge is -2.18. The maximum absolute atomic E-state index is 13.3. The standard InChI is InChI=1S/C12H14FN3O4/c1-20-11-6-14-5-10(11)15-12(17)7-2-8(13)4-9(3-7)16(18)19/h2-4,10-11,14H,5-6H2,1H3,(H,15,17)/t10?,11-/m0/s1. The van der Waals surface area contributed by atoms with Crippen LogP contribution < -0.4 is 10.6 Å². The first-order chi connectivity index (χ1) is 9.51. The summed E-state index contributed by atoms with van der Waals surface area (Å²) in [5.41, 5.74) is -0.540. The van der Waals surface area contributed by atoms with Crippen molar-refractivity contribution in [3.05, 3.63) is 39.7 Å². The molecule has 7 nitrogen and oxygen atoms in total. The Kier molecular flexibility index (Phi) is 4.26. The van der Waals surface area contributed by atoms with Crippen molar-refractivity contribution in [3.63, 3.8) is 0 Å². The van der Waals surface area contributed by atoms with Crippen molar-refractivity contribution in [1.29, 1.82) is 0 Å². The number of nitrogens with zero attached hydrogens (tertiary/aromatic N) is 1. The van der Waals surface area contributed by atoms with Gasteiger partial charge in [0, 0.05) is 31.8 Å². The lowest BCUT2D eigenvalue weighted by atomic mass is 10.1. The van der Waals surface area contributed by atoms with E-state index in [0.717, 1.165) is 18.2 Å². The van der Waals surface area contributed by atoms with E-state index < -0.39 is 22.3 Å². The van der Waals surface area contributed by atoms with Gasteiger partial charge in [0.2, 0.25) is 0 Å². The number of amides is 1. The molecule has 108 valence electrons. The Morgan fingerprint density at radius 3 is 2.90 bits per heavy atom. The second-order valence-corrected chi connectivity index (χ2v) is 4.47. The summed E-state index contributed by atoms with van der Waals surface area (Å²) in [4.78, 5) is 21.9. The van der Waals surface area contributed by atoms with Crippen LogP contribution in [0.3, 0.4) is 0 Å². The van der Waals surface area contributed by atoms with Crippen LogP contribution >= 0.6 is 0 Å². The first kappa shape index (κ1) is 14.4. The van der Waals surface area contributed by atoms with E-state index in [4.69, 9.17) is 4.74 Å². The minimum atomic E-state index is -0.822. The molecule has 1 aliphatic rings. The number of halogens is 1. The van der Waals surface area contributed by atoms with Crippen molar-refractivity contribution in [1.82, 2.24) is 10.6 Å². The predicted molar refractivity (Wildman–Crippen MR) is 68.0 cm³/mol. The minimum absolute atomic E-state index is 0.0848. The number of carbonyl (C=O) groups is 1. The number of nitro groups is 1. The summed E-state index contributed by atoms with van der Waals surface area (Å²) in [6.45, 7) is 1.13. The van der Waals surface area contributed by atoms with E-state index in [1.807, 2.05) is 0 Å². The van der Waals surface area contributed by atoms with Gasteiger partial charge >= 0.3 is 0 Å². The van der Waals surface area contributed by atoms with Crippen LogP contribution in [0.2, 0.25) is 0 Å². The van der Waals surface area contributed by atoms with Gasteiger partial charge in [-0.3, -0.25) is 14.9 Å². The van der Waals surface area contributed by atoms with Crippen molar-refractivity contribution in [3.8, 4) is 0 Å². The summed E-state index contributed by atoms with van der Waals surface area (Å²) in [6.07, 6.45) is -0.178. The van der Waals surface area contributed by atoms with Gasteiger partial charge in [0.15, 0.2) is 0 Å². The summed E-state index contributed by atoms with van der Waals surface area (Å²) < 4.78 is 18.5. The van der Waals surface area contributed by atoms with Crippen LogP contribution in [-0.2, 0) is 4.74 Å². The van der Waals surface area contributed by atoms with Crippen molar-refractivity contribution in [2.24, 2.45) is 0 Å². The molecule has 1 fully saturated rings. The van der Waals surface area contributed by atoms with Crippen LogP contribution in [-0.4, -0.2) is 43.2 Å². The molecule has 1 amide bonds. The Morgan fingerprint density at radius 2 is 2.25 bits per heavy atom. The molecule has 1 saturated heterocycles. The molecule has 1 aliphatic heterocycles. The smallest absolute Gasteiger partial charge is 0.273 e. The quantitative estimate of drug-likeness (QED) is 0.618. The summed E-state index contributed by atoms with van der Waals surface area (Å²) in [5, 5.41) is 16.4. The largest absolute Gasteiger partial charge is 0.378 e. The summed E-state index contributed by atoms with van der Waals surface area (Å²) >= 11 is 0. The lowest BCUT2D eigenvalue weighted by Crippen LogP contribution is -2.43. The Hall–Kier alpha value is -2.06. The highest BCUT2D eigenvalue weighted by atomic mass is 19.1. The Bertz CT molecular complexity index is 537. The average Bonchev–Trinajstić information content (AvgIpc) is 2.85. The van der Waals surface area contributed by atoms with Crippen molar-refractivity contribution in [2.45, 2.75) is 12.1 Å². The van der Waals surface area contributed by atoms with Crippen LogP contribution in [0.4, 0.5) is 10.1 Å². The molecule has 1 aromatic carbocycles. The number of rotatable bonds is 4. The molecule has 1 heterocycles. The van der Waals surface area contributed by atoms with Gasteiger partial charge in [0.1, 0.15) is 5.82 Å². The van der Waals surface area contributed by atoms with E-state index in [1.54, 1.807) is 0 Å². The van der Waals surface area contributed by atoms with Crippen LogP contribution in [0.1, 0.15) is 10.4 Å². The number of hydrogen-bond acceptors (Lipinski definition) is 5. The first-order valence-electron chi connectivity index (χ1n) is 6.00. The molecule has 0 radical (unpaired) electrons. The summed E-state index contributed by atoms with van der Waals surface area (Å²) in [7, 11) is 1.53. The molecule has 0 saturated carbocycles. The predicted octanol–water partition coefficient (Wildman–Crippen LogP) is 0.450. The molecule has 1 aromatic rings. The van der Waals surface area contributed by atoms with E-state index in [1.165, 1.54) is 7.11 Å². The van der Waals surface area contributed by atoms with E-state index in [2.05, 4.69) is 10.6 Å². The number of nitrogens with one attached hydrogen (secondary N) is 2. The topological polar surface area (TPSA) is 93.5 Å². The fourth-order valence-electron chi connectivity index (χ4n) is 2.11. The van der Waals surface area contributed by atoms with E-state index in [9.17, 15) is 19.3 Å². The molecule has 0 spiro atoms. The van der Waals surface area contributed by atoms with Crippen molar-refractivity contribution in [2.75, 3.05) is 20.2 Å². The Labute approximate surface area is 114 Å². The van der Waals surface area contributed by atoms with Crippen molar-refractivity contribution >= 4 is 11.6 Å². The molecule has 2 atom stereocenters. The number of methoxy groups -OCH3 is 1. The van der Waals surface area contributed by atoms with E-state index in [0.29, 0.717) is 13.1 Å². The van der Waals surface area contributed by atoms with Gasteiger partial charge in [-0.15, -0.1) is 0 Å². The van der Waals surface area contributed by atoms with Gasteiger partial charge in [0.05, 0.1) is 23.1 Å². The number of non-ortho nitro benzene ring substituents is 1. The third-order valence-electron chi connectivity index (χ3n) is 3.13. The highest BCUT2D eigenvalue weighted by molar-refractivity contribution is 5.95. The maximum Gasteiger partial charge on any atom is 0.273 e. The zero-order valence-electron chi connectivity index (χ0n) is 10.8. The molecule has 8 heteroatoms. The molecule has 0 aromatic heterocycles. The highest BCUT2D eigenvalue weighted by Gasteiger charge is 2.28. The second kappa shape index (κ2) is 5.93. The molecule has 2 rings (SSSR count). The molecule has 0 bridgehead atoms. The van der Waals surface area contributed by atoms with Gasteiger partial charge in [-0.25, -0.2) is 4.39 Å². The van der Waals surface area contributed by atoms with Gasteiger partial charge < -0.3 is 15.4 Å². The molecular formula is C12H14FN3O4. The van der Waals surface area contributed by atoms with Crippen molar-refractivity contribution < 1.29 is 18.8 Å². The molecular weight excluding hydrogens is 269 g/mol. The summed E-state index contributed by atoms with van der Waals surface area (Å²) in [6, 6.07) is 2.52. The second-order valence-electron chi connectivity index (χ2n) is 4.47. The Morgan fingerprint density at radius 1 is 1.50 bits per heavy atom. The molecule has 20 heavy (non-hydrogen) atoms. The van der Waals surface area contributed by atoms with Gasteiger partial charge in [-0.1, -0.05) is 0 Å². The SMILES string of the molecule is CO[C@H]1CNCC1NC(=O)c1cc(F)cc([N+](=O)[O-])c1. The average molecular weight is 283 g/mol. The van der Waals surface area contributed by atoms with Crippen LogP contribution in [0, 0.1) is 15.9 Å². The normalized spacial score (nSPS) is 21.7. The zero-order chi connectivity index (χ0) is 14.7. The van der Waals surface area contributed by atoms with Crippen LogP contribution in [0.25, 0.3) is 0 Å². The van der Waals surface area contributed by atoms with Gasteiger partial charge in [-0.05, 0) is 6.07 Å². The number of nitro benzene ring substituents is 1. The third-order valence-corrected chi connectivity index (χ3v) is 3.13.